The van der Waals surface area contributed by atoms with Crippen LogP contribution in [0.5, 0.6) is 0 Å². The third-order valence-electron chi connectivity index (χ3n) is 5.68. The summed E-state index contributed by atoms with van der Waals surface area (Å²) in [5.74, 6) is 0. The molecule has 6 rings (SSSR count). The number of fused-ring (bicyclic) bond motifs is 1. The fourth-order valence-electron chi connectivity index (χ4n) is 4.14. The van der Waals surface area contributed by atoms with Crippen molar-refractivity contribution in [2.45, 2.75) is 0 Å². The minimum absolute atomic E-state index is 0.633. The molecule has 6 nitrogen and oxygen atoms in total. The minimum Gasteiger partial charge on any atom is -0.361 e. The van der Waals surface area contributed by atoms with Gasteiger partial charge in [0.05, 0.1) is 18.1 Å². The van der Waals surface area contributed by atoms with Gasteiger partial charge < -0.3 is 9.97 Å². The molecule has 4 aliphatic heterocycles. The normalized spacial score (nSPS) is 13.0. The molecule has 0 aromatic carbocycles. The first-order valence-corrected chi connectivity index (χ1v) is 10.2. The molecule has 2 N–H and O–H groups in total. The van der Waals surface area contributed by atoms with E-state index < -0.39 is 0 Å². The van der Waals surface area contributed by atoms with Crippen LogP contribution in [0.4, 0.5) is 0 Å². The number of nitrogens with one attached hydrogen (secondary N) is 2. The van der Waals surface area contributed by atoms with E-state index in [2.05, 4.69) is 55.4 Å². The summed E-state index contributed by atoms with van der Waals surface area (Å²) in [7, 11) is 0. The van der Waals surface area contributed by atoms with Gasteiger partial charge >= 0.3 is 0 Å². The number of hydrogen-bond donors (Lipinski definition) is 2. The molecule has 6 aliphatic rings. The van der Waals surface area contributed by atoms with Crippen molar-refractivity contribution < 1.29 is 0 Å². The van der Waals surface area contributed by atoms with E-state index in [9.17, 15) is 0 Å². The first kappa shape index (κ1) is 18.2. The largest absolute Gasteiger partial charge is 0.361 e. The Hall–Kier alpha value is -4.58. The number of H-pyrrole nitrogens is 2. The molecule has 0 fully saturated rings. The molecule has 0 bridgehead atoms. The van der Waals surface area contributed by atoms with Gasteiger partial charge in [-0.1, -0.05) is 37.4 Å². The van der Waals surface area contributed by atoms with Gasteiger partial charge in [-0.05, 0) is 45.2 Å². The second-order valence-electron chi connectivity index (χ2n) is 7.71. The maximum Gasteiger partial charge on any atom is 0.132 e. The van der Waals surface area contributed by atoms with Gasteiger partial charge in [-0.2, -0.15) is 0 Å². The number of aromatic nitrogens is 6. The average molecular weight is 414 g/mol. The van der Waals surface area contributed by atoms with Crippen molar-refractivity contribution in [1.82, 2.24) is 30.1 Å². The Balaban J connectivity index is 1.54. The van der Waals surface area contributed by atoms with Crippen LogP contribution in [0.25, 0.3) is 36.7 Å². The molecule has 32 heavy (non-hydrogen) atoms. The van der Waals surface area contributed by atoms with E-state index in [0.29, 0.717) is 22.8 Å². The highest BCUT2D eigenvalue weighted by atomic mass is 15.1. The zero-order chi connectivity index (χ0) is 21.7. The van der Waals surface area contributed by atoms with Gasteiger partial charge in [-0.3, -0.25) is 4.98 Å². The average Bonchev–Trinajstić information content (AvgIpc) is 3.45. The second-order valence-corrected chi connectivity index (χ2v) is 7.71. The smallest absolute Gasteiger partial charge is 0.132 e. The lowest BCUT2D eigenvalue weighted by Crippen LogP contribution is -2.15. The van der Waals surface area contributed by atoms with Crippen LogP contribution in [-0.4, -0.2) is 30.1 Å². The molecule has 0 radical (unpaired) electrons. The van der Waals surface area contributed by atoms with Gasteiger partial charge in [-0.15, -0.1) is 10.2 Å². The Bertz CT molecular complexity index is 1930. The van der Waals surface area contributed by atoms with Crippen molar-refractivity contribution in [1.29, 1.82) is 0 Å². The molecule has 0 unspecified atom stereocenters. The lowest BCUT2D eigenvalue weighted by atomic mass is 10.2. The fourth-order valence-corrected chi connectivity index (χ4v) is 4.14. The molecule has 0 saturated heterocycles. The van der Waals surface area contributed by atoms with E-state index in [1.807, 2.05) is 48.8 Å². The van der Waals surface area contributed by atoms with Crippen molar-refractivity contribution in [3.8, 4) is 11.4 Å². The van der Waals surface area contributed by atoms with E-state index in [1.165, 1.54) is 0 Å². The molecule has 152 valence electrons. The van der Waals surface area contributed by atoms with Crippen LogP contribution in [0.15, 0.2) is 61.2 Å². The van der Waals surface area contributed by atoms with Gasteiger partial charge in [0.2, 0.25) is 0 Å². The Kier molecular flexibility index (Phi) is 3.98. The van der Waals surface area contributed by atoms with E-state index in [1.54, 1.807) is 12.4 Å². The summed E-state index contributed by atoms with van der Waals surface area (Å²) >= 11 is 0. The maximum absolute atomic E-state index is 4.67. The Morgan fingerprint density at radius 3 is 2.03 bits per heavy atom. The lowest BCUT2D eigenvalue weighted by molar-refractivity contribution is 1.08. The number of rotatable bonds is 2. The molecule has 0 aromatic rings. The van der Waals surface area contributed by atoms with Crippen LogP contribution in [-0.2, 0) is 0 Å². The summed E-state index contributed by atoms with van der Waals surface area (Å²) in [4.78, 5) is 15.8. The Labute approximate surface area is 181 Å². The molecular formula is C26H18N6. The molecule has 2 aliphatic carbocycles. The van der Waals surface area contributed by atoms with E-state index in [0.717, 1.165) is 42.0 Å². The van der Waals surface area contributed by atoms with Gasteiger partial charge in [0, 0.05) is 33.5 Å². The van der Waals surface area contributed by atoms with Crippen LogP contribution in [0.3, 0.4) is 0 Å². The van der Waals surface area contributed by atoms with Crippen molar-refractivity contribution in [3.05, 3.63) is 115 Å². The third-order valence-corrected chi connectivity index (χ3v) is 5.68. The summed E-state index contributed by atoms with van der Waals surface area (Å²) in [6.07, 6.45) is 11.2. The van der Waals surface area contributed by atoms with Gasteiger partial charge in [-0.25, -0.2) is 4.98 Å². The van der Waals surface area contributed by atoms with E-state index >= 15 is 0 Å². The highest BCUT2D eigenvalue weighted by Gasteiger charge is 2.12. The molecule has 0 amide bonds. The summed E-state index contributed by atoms with van der Waals surface area (Å²) in [6.45, 7) is 8.26. The lowest BCUT2D eigenvalue weighted by Gasteiger charge is -1.92. The zero-order valence-corrected chi connectivity index (χ0v) is 17.1. The SMILES string of the molecule is C=c1ccc2cc[nH]/c(=C/c3cnc4c(/C=c5/[nH]ccc6ccc(=C)c5=6)nnc-4cn3)c1=2. The van der Waals surface area contributed by atoms with Crippen molar-refractivity contribution >= 4 is 25.3 Å². The van der Waals surface area contributed by atoms with Crippen molar-refractivity contribution in [2.75, 3.05) is 0 Å². The third kappa shape index (κ3) is 2.89. The molecule has 4 heterocycles. The van der Waals surface area contributed by atoms with Crippen LogP contribution >= 0.6 is 0 Å². The van der Waals surface area contributed by atoms with Gasteiger partial charge in [0.25, 0.3) is 0 Å². The molecule has 0 saturated carbocycles. The Morgan fingerprint density at radius 1 is 0.688 bits per heavy atom. The first-order chi connectivity index (χ1) is 15.7. The summed E-state index contributed by atoms with van der Waals surface area (Å²) in [6, 6.07) is 12.2. The van der Waals surface area contributed by atoms with E-state index in [-0.39, 0.29) is 0 Å². The van der Waals surface area contributed by atoms with Gasteiger partial charge in [0.15, 0.2) is 0 Å². The highest BCUT2D eigenvalue weighted by Crippen LogP contribution is 2.18. The quantitative estimate of drug-likeness (QED) is 0.442. The fraction of sp³-hybridized carbons (Fsp3) is 0. The van der Waals surface area contributed by atoms with Crippen molar-refractivity contribution in [2.24, 2.45) is 0 Å². The monoisotopic (exact) mass is 414 g/mol. The van der Waals surface area contributed by atoms with Gasteiger partial charge in [0.1, 0.15) is 17.1 Å². The zero-order valence-electron chi connectivity index (χ0n) is 17.1. The number of aromatic amines is 2. The number of nitrogens with zero attached hydrogens (tertiary/aromatic N) is 4. The topological polar surface area (TPSA) is 83.1 Å². The molecular weight excluding hydrogens is 396 g/mol. The van der Waals surface area contributed by atoms with E-state index in [4.69, 9.17) is 0 Å². The summed E-state index contributed by atoms with van der Waals surface area (Å²) < 4.78 is 0. The van der Waals surface area contributed by atoms with Crippen LogP contribution in [0.2, 0.25) is 0 Å². The number of hydrogen-bond acceptors (Lipinski definition) is 4. The minimum atomic E-state index is 0.633. The van der Waals surface area contributed by atoms with Crippen LogP contribution < -0.4 is 21.1 Å². The predicted octanol–water partition coefficient (Wildman–Crippen LogP) is 0.955. The first-order valence-electron chi connectivity index (χ1n) is 10.2. The molecule has 0 atom stereocenters. The van der Waals surface area contributed by atoms with Crippen LogP contribution in [0, 0.1) is 20.9 Å². The Morgan fingerprint density at radius 2 is 1.34 bits per heavy atom. The van der Waals surface area contributed by atoms with Crippen molar-refractivity contribution in [3.63, 3.8) is 0 Å². The maximum atomic E-state index is 4.67. The molecule has 0 spiro atoms. The van der Waals surface area contributed by atoms with Crippen LogP contribution in [0.1, 0.15) is 11.4 Å². The summed E-state index contributed by atoms with van der Waals surface area (Å²) in [5.41, 5.74) is 2.71. The molecule has 0 aromatic heterocycles. The predicted molar refractivity (Wildman–Crippen MR) is 123 cm³/mol. The highest BCUT2D eigenvalue weighted by molar-refractivity contribution is 5.67. The molecule has 6 heteroatoms. The summed E-state index contributed by atoms with van der Waals surface area (Å²) in [5, 5.41) is 16.8. The standard InChI is InChI=1S/C26H18N6/c1-15-3-5-17-7-9-27-20(24(15)17)11-19-13-30-26-22(31-32-23(26)14-29-19)12-21-25-16(2)4-6-18(25)8-10-28-21/h3-14,27-28H,1-2H2/b20-11+,21-12+. The second kappa shape index (κ2) is 6.99.